The highest BCUT2D eigenvalue weighted by atomic mass is 35.5. The Labute approximate surface area is 144 Å². The number of aromatic nitrogens is 2. The van der Waals surface area contributed by atoms with Crippen LogP contribution in [-0.2, 0) is 6.54 Å². The molecule has 0 fully saturated rings. The van der Waals surface area contributed by atoms with Gasteiger partial charge in [-0.2, -0.15) is 0 Å². The van der Waals surface area contributed by atoms with Crippen LogP contribution < -0.4 is 15.4 Å². The van der Waals surface area contributed by atoms with Crippen LogP contribution in [0.2, 0.25) is 5.02 Å². The maximum absolute atomic E-state index is 11.3. The van der Waals surface area contributed by atoms with Crippen molar-refractivity contribution in [2.24, 2.45) is 0 Å². The number of benzene rings is 1. The Morgan fingerprint density at radius 2 is 2.17 bits per heavy atom. The highest BCUT2D eigenvalue weighted by molar-refractivity contribution is 6.34. The van der Waals surface area contributed by atoms with Gasteiger partial charge in [0, 0.05) is 29.2 Å². The molecule has 2 heterocycles. The van der Waals surface area contributed by atoms with Gasteiger partial charge >= 0.3 is 6.03 Å². The number of nitrogens with zero attached hydrogens (tertiary/aromatic N) is 1. The number of carbonyl (C=O) groups is 1. The third-order valence-corrected chi connectivity index (χ3v) is 3.99. The lowest BCUT2D eigenvalue weighted by molar-refractivity contribution is 0.242. The number of carbonyl (C=O) groups excluding carboxylic acids is 1. The van der Waals surface area contributed by atoms with E-state index in [1.54, 1.807) is 20.4 Å². The molecule has 24 heavy (non-hydrogen) atoms. The second-order valence-corrected chi connectivity index (χ2v) is 5.64. The fourth-order valence-corrected chi connectivity index (χ4v) is 2.70. The number of hydrogen-bond donors (Lipinski definition) is 3. The zero-order valence-corrected chi connectivity index (χ0v) is 14.1. The molecule has 1 aromatic carbocycles. The average molecular weight is 345 g/mol. The standard InChI is InChI=1S/C17H17ClN4O2/c1-19-17(23)21-8-11-5-10-6-14(18)13(7-16(10)22-11)15-4-3-12(24-2)9-20-15/h3-7,9,22H,8H2,1-2H3,(H2,19,21,23). The first-order valence-corrected chi connectivity index (χ1v) is 7.75. The zero-order valence-electron chi connectivity index (χ0n) is 13.3. The SMILES string of the molecule is CNC(=O)NCc1cc2cc(Cl)c(-c3ccc(OC)cn3)cc2[nH]1. The number of rotatable bonds is 4. The lowest BCUT2D eigenvalue weighted by Crippen LogP contribution is -2.32. The highest BCUT2D eigenvalue weighted by Crippen LogP contribution is 2.32. The average Bonchev–Trinajstić information content (AvgIpc) is 3.00. The fourth-order valence-electron chi connectivity index (χ4n) is 2.43. The van der Waals surface area contributed by atoms with Crippen molar-refractivity contribution >= 4 is 28.5 Å². The van der Waals surface area contributed by atoms with Crippen LogP contribution in [0.4, 0.5) is 4.79 Å². The van der Waals surface area contributed by atoms with Crippen LogP contribution in [-0.4, -0.2) is 30.2 Å². The van der Waals surface area contributed by atoms with E-state index < -0.39 is 0 Å². The van der Waals surface area contributed by atoms with Crippen molar-refractivity contribution in [1.82, 2.24) is 20.6 Å². The van der Waals surface area contributed by atoms with Crippen molar-refractivity contribution in [1.29, 1.82) is 0 Å². The van der Waals surface area contributed by atoms with Gasteiger partial charge in [-0.3, -0.25) is 4.98 Å². The quantitative estimate of drug-likeness (QED) is 0.679. The van der Waals surface area contributed by atoms with Gasteiger partial charge in [0.05, 0.1) is 30.6 Å². The molecule has 3 N–H and O–H groups in total. The van der Waals surface area contributed by atoms with E-state index in [-0.39, 0.29) is 6.03 Å². The normalized spacial score (nSPS) is 10.6. The number of hydrogen-bond acceptors (Lipinski definition) is 3. The summed E-state index contributed by atoms with van der Waals surface area (Å²) < 4.78 is 5.12. The van der Waals surface area contributed by atoms with Crippen molar-refractivity contribution in [2.45, 2.75) is 6.54 Å². The summed E-state index contributed by atoms with van der Waals surface area (Å²) >= 11 is 6.41. The topological polar surface area (TPSA) is 79.0 Å². The summed E-state index contributed by atoms with van der Waals surface area (Å²) in [5.74, 6) is 0.693. The predicted molar refractivity (Wildman–Crippen MR) is 94.4 cm³/mol. The Bertz CT molecular complexity index is 874. The van der Waals surface area contributed by atoms with E-state index in [9.17, 15) is 4.79 Å². The van der Waals surface area contributed by atoms with Crippen molar-refractivity contribution in [3.05, 3.63) is 47.2 Å². The molecule has 3 aromatic rings. The summed E-state index contributed by atoms with van der Waals surface area (Å²) in [6.07, 6.45) is 1.66. The number of nitrogens with one attached hydrogen (secondary N) is 3. The molecule has 0 saturated carbocycles. The van der Waals surface area contributed by atoms with Gasteiger partial charge in [0.1, 0.15) is 5.75 Å². The molecular formula is C17H17ClN4O2. The number of fused-ring (bicyclic) bond motifs is 1. The van der Waals surface area contributed by atoms with Crippen molar-refractivity contribution in [3.8, 4) is 17.0 Å². The molecule has 0 spiro atoms. The number of methoxy groups -OCH3 is 1. The second-order valence-electron chi connectivity index (χ2n) is 5.23. The molecule has 124 valence electrons. The van der Waals surface area contributed by atoms with Gasteiger partial charge in [-0.1, -0.05) is 11.6 Å². The molecule has 0 unspecified atom stereocenters. The molecular weight excluding hydrogens is 328 g/mol. The predicted octanol–water partition coefficient (Wildman–Crippen LogP) is 3.32. The first-order valence-electron chi connectivity index (χ1n) is 7.38. The van der Waals surface area contributed by atoms with E-state index in [2.05, 4.69) is 20.6 Å². The number of urea groups is 1. The molecule has 7 heteroatoms. The molecule has 0 aliphatic heterocycles. The second kappa shape index (κ2) is 6.80. The van der Waals surface area contributed by atoms with E-state index in [1.807, 2.05) is 30.3 Å². The van der Waals surface area contributed by atoms with Crippen molar-refractivity contribution in [3.63, 3.8) is 0 Å². The Kier molecular flexibility index (Phi) is 4.57. The minimum absolute atomic E-state index is 0.227. The maximum atomic E-state index is 11.3. The summed E-state index contributed by atoms with van der Waals surface area (Å²) in [5.41, 5.74) is 3.42. The van der Waals surface area contributed by atoms with Gasteiger partial charge in [0.15, 0.2) is 0 Å². The van der Waals surface area contributed by atoms with E-state index >= 15 is 0 Å². The molecule has 3 rings (SSSR count). The van der Waals surface area contributed by atoms with Gasteiger partial charge in [-0.25, -0.2) is 4.79 Å². The van der Waals surface area contributed by atoms with Crippen molar-refractivity contribution < 1.29 is 9.53 Å². The van der Waals surface area contributed by atoms with Crippen LogP contribution in [0.15, 0.2) is 36.5 Å². The number of halogens is 1. The van der Waals surface area contributed by atoms with Gasteiger partial charge in [0.25, 0.3) is 0 Å². The Morgan fingerprint density at radius 3 is 2.83 bits per heavy atom. The van der Waals surface area contributed by atoms with E-state index in [1.165, 1.54) is 0 Å². The lowest BCUT2D eigenvalue weighted by atomic mass is 10.1. The number of aromatic amines is 1. The Hall–Kier alpha value is -2.73. The molecule has 0 atom stereocenters. The number of ether oxygens (including phenoxy) is 1. The minimum Gasteiger partial charge on any atom is -0.495 e. The molecule has 2 aromatic heterocycles. The summed E-state index contributed by atoms with van der Waals surface area (Å²) in [6.45, 7) is 0.405. The molecule has 0 bridgehead atoms. The third-order valence-electron chi connectivity index (χ3n) is 3.68. The molecule has 6 nitrogen and oxygen atoms in total. The molecule has 2 amide bonds. The lowest BCUT2D eigenvalue weighted by Gasteiger charge is -2.05. The molecule has 0 aliphatic rings. The van der Waals surface area contributed by atoms with Crippen LogP contribution in [0.25, 0.3) is 22.2 Å². The smallest absolute Gasteiger partial charge is 0.314 e. The number of pyridine rings is 1. The van der Waals surface area contributed by atoms with Gasteiger partial charge < -0.3 is 20.4 Å². The summed E-state index contributed by atoms with van der Waals surface area (Å²) in [6, 6.07) is 9.28. The van der Waals surface area contributed by atoms with E-state index in [0.717, 1.165) is 27.9 Å². The van der Waals surface area contributed by atoms with Gasteiger partial charge in [-0.05, 0) is 30.3 Å². The fraction of sp³-hybridized carbons (Fsp3) is 0.176. The Balaban J connectivity index is 1.92. The molecule has 0 aliphatic carbocycles. The van der Waals surface area contributed by atoms with Crippen LogP contribution in [0, 0.1) is 0 Å². The first kappa shape index (κ1) is 16.1. The van der Waals surface area contributed by atoms with E-state index in [4.69, 9.17) is 16.3 Å². The number of H-pyrrole nitrogens is 1. The largest absolute Gasteiger partial charge is 0.495 e. The van der Waals surface area contributed by atoms with Crippen molar-refractivity contribution in [2.75, 3.05) is 14.2 Å². The van der Waals surface area contributed by atoms with Crippen LogP contribution in [0.3, 0.4) is 0 Å². The van der Waals surface area contributed by atoms with Gasteiger partial charge in [-0.15, -0.1) is 0 Å². The van der Waals surface area contributed by atoms with Crippen LogP contribution >= 0.6 is 11.6 Å². The van der Waals surface area contributed by atoms with Crippen LogP contribution in [0.1, 0.15) is 5.69 Å². The molecule has 0 saturated heterocycles. The zero-order chi connectivity index (χ0) is 17.1. The monoisotopic (exact) mass is 344 g/mol. The third kappa shape index (κ3) is 3.28. The first-order chi connectivity index (χ1) is 11.6. The summed E-state index contributed by atoms with van der Waals surface area (Å²) in [4.78, 5) is 18.9. The minimum atomic E-state index is -0.227. The van der Waals surface area contributed by atoms with Gasteiger partial charge in [0.2, 0.25) is 0 Å². The van der Waals surface area contributed by atoms with E-state index in [0.29, 0.717) is 17.3 Å². The summed E-state index contributed by atoms with van der Waals surface area (Å²) in [7, 11) is 3.18. The van der Waals surface area contributed by atoms with Crippen LogP contribution in [0.5, 0.6) is 5.75 Å². The highest BCUT2D eigenvalue weighted by Gasteiger charge is 2.10. The molecule has 0 radical (unpaired) electrons. The Morgan fingerprint density at radius 1 is 1.33 bits per heavy atom. The number of amides is 2. The maximum Gasteiger partial charge on any atom is 0.314 e. The summed E-state index contributed by atoms with van der Waals surface area (Å²) in [5, 5.41) is 6.85.